The van der Waals surface area contributed by atoms with Crippen molar-refractivity contribution >= 4 is 28.4 Å². The number of nitrogens with one attached hydrogen (secondary N) is 3. The lowest BCUT2D eigenvalue weighted by atomic mass is 10.1. The van der Waals surface area contributed by atoms with Crippen LogP contribution in [0.5, 0.6) is 0 Å². The number of hydrogen-bond donors (Lipinski definition) is 3. The largest absolute Gasteiger partial charge is 0.363 e. The van der Waals surface area contributed by atoms with Crippen LogP contribution in [0.15, 0.2) is 67.0 Å². The van der Waals surface area contributed by atoms with Crippen LogP contribution in [-0.2, 0) is 4.79 Å². The zero-order chi connectivity index (χ0) is 21.1. The van der Waals surface area contributed by atoms with Crippen LogP contribution in [0.25, 0.3) is 22.3 Å². The summed E-state index contributed by atoms with van der Waals surface area (Å²) in [6, 6.07) is 20.2. The van der Waals surface area contributed by atoms with Crippen molar-refractivity contribution < 1.29 is 4.79 Å². The first-order valence-electron chi connectivity index (χ1n) is 10.1. The minimum Gasteiger partial charge on any atom is -0.363 e. The van der Waals surface area contributed by atoms with Crippen LogP contribution in [0.3, 0.4) is 0 Å². The Labute approximate surface area is 175 Å². The molecule has 2 aromatic carbocycles. The van der Waals surface area contributed by atoms with Gasteiger partial charge in [0.25, 0.3) is 0 Å². The molecule has 0 radical (unpaired) electrons. The van der Waals surface area contributed by atoms with Crippen molar-refractivity contribution in [1.29, 1.82) is 0 Å². The molecule has 0 aliphatic carbocycles. The summed E-state index contributed by atoms with van der Waals surface area (Å²) in [5, 5.41) is 7.36. The molecule has 6 heteroatoms. The third-order valence-electron chi connectivity index (χ3n) is 5.04. The number of rotatable bonds is 6. The van der Waals surface area contributed by atoms with Crippen molar-refractivity contribution in [1.82, 2.24) is 15.0 Å². The van der Waals surface area contributed by atoms with Crippen LogP contribution in [0, 0.1) is 5.92 Å². The van der Waals surface area contributed by atoms with E-state index < -0.39 is 0 Å². The van der Waals surface area contributed by atoms with Crippen molar-refractivity contribution in [3.63, 3.8) is 0 Å². The average molecular weight is 399 g/mol. The van der Waals surface area contributed by atoms with E-state index in [2.05, 4.69) is 44.6 Å². The molecule has 0 aliphatic heterocycles. The molecule has 0 spiro atoms. The Bertz CT molecular complexity index is 1170. The van der Waals surface area contributed by atoms with E-state index in [0.717, 1.165) is 33.8 Å². The molecule has 1 atom stereocenters. The van der Waals surface area contributed by atoms with E-state index >= 15 is 0 Å². The van der Waals surface area contributed by atoms with Gasteiger partial charge in [-0.1, -0.05) is 56.3 Å². The first kappa shape index (κ1) is 19.6. The second kappa shape index (κ2) is 8.37. The van der Waals surface area contributed by atoms with Crippen LogP contribution < -0.4 is 10.6 Å². The number of amides is 1. The molecule has 0 bridgehead atoms. The third-order valence-corrected chi connectivity index (χ3v) is 5.04. The summed E-state index contributed by atoms with van der Waals surface area (Å²) in [6.45, 7) is 5.86. The number of aromatic amines is 1. The summed E-state index contributed by atoms with van der Waals surface area (Å²) in [6.07, 6.45) is 1.56. The van der Waals surface area contributed by atoms with E-state index in [9.17, 15) is 4.79 Å². The number of nitrogens with zero attached hydrogens (tertiary/aromatic N) is 2. The highest BCUT2D eigenvalue weighted by Crippen LogP contribution is 2.30. The predicted octanol–water partition coefficient (Wildman–Crippen LogP) is 5.39. The molecule has 3 N–H and O–H groups in total. The number of anilines is 2. The van der Waals surface area contributed by atoms with Crippen LogP contribution in [0.1, 0.15) is 32.4 Å². The van der Waals surface area contributed by atoms with Crippen LogP contribution >= 0.6 is 0 Å². The minimum atomic E-state index is -0.0720. The van der Waals surface area contributed by atoms with E-state index in [1.54, 1.807) is 6.33 Å². The summed E-state index contributed by atoms with van der Waals surface area (Å²) >= 11 is 0. The molecule has 0 saturated heterocycles. The van der Waals surface area contributed by atoms with E-state index in [1.807, 2.05) is 62.4 Å². The molecular formula is C24H25N5O. The van der Waals surface area contributed by atoms with Gasteiger partial charge in [-0.3, -0.25) is 4.79 Å². The summed E-state index contributed by atoms with van der Waals surface area (Å²) in [5.74, 6) is 0.705. The maximum Gasteiger partial charge on any atom is 0.226 e. The monoisotopic (exact) mass is 399 g/mol. The molecule has 4 aromatic rings. The van der Waals surface area contributed by atoms with Gasteiger partial charge in [-0.2, -0.15) is 0 Å². The van der Waals surface area contributed by atoms with Crippen molar-refractivity contribution in [2.75, 3.05) is 10.6 Å². The zero-order valence-electron chi connectivity index (χ0n) is 17.3. The molecule has 1 amide bonds. The van der Waals surface area contributed by atoms with Gasteiger partial charge in [0.05, 0.1) is 5.39 Å². The average Bonchev–Trinajstić information content (AvgIpc) is 3.20. The maximum absolute atomic E-state index is 12.0. The lowest BCUT2D eigenvalue weighted by Gasteiger charge is -2.15. The highest BCUT2D eigenvalue weighted by Gasteiger charge is 2.13. The highest BCUT2D eigenvalue weighted by molar-refractivity contribution is 5.94. The number of aromatic nitrogens is 3. The van der Waals surface area contributed by atoms with Gasteiger partial charge in [-0.05, 0) is 30.7 Å². The van der Waals surface area contributed by atoms with Crippen LogP contribution in [0.2, 0.25) is 0 Å². The fraction of sp³-hybridized carbons (Fsp3) is 0.208. The van der Waals surface area contributed by atoms with E-state index in [1.165, 1.54) is 5.56 Å². The first-order chi connectivity index (χ1) is 14.5. The second-order valence-corrected chi connectivity index (χ2v) is 7.67. The molecule has 1 unspecified atom stereocenters. The van der Waals surface area contributed by atoms with E-state index in [0.29, 0.717) is 0 Å². The van der Waals surface area contributed by atoms with Gasteiger partial charge in [-0.15, -0.1) is 0 Å². The Hall–Kier alpha value is -3.67. The molecule has 0 fully saturated rings. The molecule has 4 rings (SSSR count). The Kier molecular flexibility index (Phi) is 5.48. The van der Waals surface area contributed by atoms with Crippen molar-refractivity contribution in [3.05, 3.63) is 72.6 Å². The molecule has 152 valence electrons. The number of H-pyrrole nitrogens is 1. The van der Waals surface area contributed by atoms with Gasteiger partial charge in [0, 0.05) is 28.9 Å². The Morgan fingerprint density at radius 2 is 1.77 bits per heavy atom. The quantitative estimate of drug-likeness (QED) is 0.406. The maximum atomic E-state index is 12.0. The number of benzene rings is 2. The lowest BCUT2D eigenvalue weighted by molar-refractivity contribution is -0.118. The standard InChI is InChI=1S/C24H25N5O/c1-15(2)24(30)28-19-11-7-10-18(12-19)21-13-20-22(25-14-26-23(20)29-21)27-16(3)17-8-5-4-6-9-17/h4-16H,1-3H3,(H,28,30)(H2,25,26,27,29). The van der Waals surface area contributed by atoms with Gasteiger partial charge in [0.2, 0.25) is 5.91 Å². The SMILES string of the molecule is CC(C)C(=O)Nc1cccc(-c2cc3c(NC(C)c4ccccc4)ncnc3[nH]2)c1. The molecule has 30 heavy (non-hydrogen) atoms. The zero-order valence-corrected chi connectivity index (χ0v) is 17.3. The fourth-order valence-corrected chi connectivity index (χ4v) is 3.29. The first-order valence-corrected chi connectivity index (χ1v) is 10.1. The van der Waals surface area contributed by atoms with Crippen LogP contribution in [0.4, 0.5) is 11.5 Å². The summed E-state index contributed by atoms with van der Waals surface area (Å²) in [7, 11) is 0. The van der Waals surface area contributed by atoms with Gasteiger partial charge >= 0.3 is 0 Å². The molecule has 2 aromatic heterocycles. The smallest absolute Gasteiger partial charge is 0.226 e. The normalized spacial score (nSPS) is 12.1. The van der Waals surface area contributed by atoms with Gasteiger partial charge in [0.15, 0.2) is 0 Å². The van der Waals surface area contributed by atoms with Gasteiger partial charge < -0.3 is 15.6 Å². The minimum absolute atomic E-state index is 0.00366. The number of hydrogen-bond acceptors (Lipinski definition) is 4. The number of carbonyl (C=O) groups is 1. The number of carbonyl (C=O) groups excluding carboxylic acids is 1. The fourth-order valence-electron chi connectivity index (χ4n) is 3.29. The molecule has 6 nitrogen and oxygen atoms in total. The van der Waals surface area contributed by atoms with Crippen molar-refractivity contribution in [2.45, 2.75) is 26.8 Å². The van der Waals surface area contributed by atoms with Gasteiger partial charge in [-0.25, -0.2) is 9.97 Å². The molecular weight excluding hydrogens is 374 g/mol. The second-order valence-electron chi connectivity index (χ2n) is 7.67. The Morgan fingerprint density at radius 1 is 0.967 bits per heavy atom. The summed E-state index contributed by atoms with van der Waals surface area (Å²) in [5.41, 5.74) is 4.61. The Balaban J connectivity index is 1.63. The Morgan fingerprint density at radius 3 is 2.53 bits per heavy atom. The van der Waals surface area contributed by atoms with E-state index in [-0.39, 0.29) is 17.9 Å². The summed E-state index contributed by atoms with van der Waals surface area (Å²) < 4.78 is 0. The topological polar surface area (TPSA) is 82.7 Å². The van der Waals surface area contributed by atoms with Gasteiger partial charge in [0.1, 0.15) is 17.8 Å². The van der Waals surface area contributed by atoms with Crippen molar-refractivity contribution in [3.8, 4) is 11.3 Å². The molecule has 0 saturated carbocycles. The predicted molar refractivity (Wildman–Crippen MR) is 121 cm³/mol. The van der Waals surface area contributed by atoms with Crippen LogP contribution in [-0.4, -0.2) is 20.9 Å². The van der Waals surface area contributed by atoms with Crippen molar-refractivity contribution in [2.24, 2.45) is 5.92 Å². The van der Waals surface area contributed by atoms with E-state index in [4.69, 9.17) is 0 Å². The molecule has 0 aliphatic rings. The third kappa shape index (κ3) is 4.17. The highest BCUT2D eigenvalue weighted by atomic mass is 16.1. The molecule has 2 heterocycles. The number of fused-ring (bicyclic) bond motifs is 1. The summed E-state index contributed by atoms with van der Waals surface area (Å²) in [4.78, 5) is 24.2. The lowest BCUT2D eigenvalue weighted by Crippen LogP contribution is -2.17.